The number of carbonyl (C=O) groups is 1. The highest BCUT2D eigenvalue weighted by molar-refractivity contribution is 6.33. The zero-order chi connectivity index (χ0) is 14.0. The molecule has 1 heterocycles. The van der Waals surface area contributed by atoms with Gasteiger partial charge in [0.2, 0.25) is 0 Å². The molecule has 0 saturated heterocycles. The number of likely N-dealkylation sites (N-methyl/N-ethyl adjacent to an activating group) is 2. The molecule has 1 aromatic heterocycles. The van der Waals surface area contributed by atoms with E-state index in [0.717, 1.165) is 19.4 Å². The third kappa shape index (κ3) is 2.74. The van der Waals surface area contributed by atoms with Crippen molar-refractivity contribution < 1.29 is 4.79 Å². The van der Waals surface area contributed by atoms with Gasteiger partial charge in [0.05, 0.1) is 10.6 Å². The van der Waals surface area contributed by atoms with Crippen molar-refractivity contribution in [1.29, 1.82) is 0 Å². The molecule has 104 valence electrons. The van der Waals surface area contributed by atoms with E-state index in [-0.39, 0.29) is 11.4 Å². The fourth-order valence-electron chi connectivity index (χ4n) is 2.59. The van der Waals surface area contributed by atoms with E-state index in [1.807, 2.05) is 7.05 Å². The minimum Gasteiger partial charge on any atom is -0.340 e. The fourth-order valence-corrected chi connectivity index (χ4v) is 2.77. The predicted octanol–water partition coefficient (Wildman–Crippen LogP) is 2.29. The molecule has 0 spiro atoms. The number of hydrogen-bond donors (Lipinski definition) is 0. The van der Waals surface area contributed by atoms with Crippen molar-refractivity contribution in [3.63, 3.8) is 0 Å². The van der Waals surface area contributed by atoms with Gasteiger partial charge in [0.25, 0.3) is 5.91 Å². The van der Waals surface area contributed by atoms with Gasteiger partial charge in [0.1, 0.15) is 0 Å². The molecule has 19 heavy (non-hydrogen) atoms. The molecule has 0 aromatic carbocycles. The minimum absolute atomic E-state index is 0.0637. The lowest BCUT2D eigenvalue weighted by Gasteiger charge is -2.49. The number of pyridine rings is 1. The van der Waals surface area contributed by atoms with Gasteiger partial charge < -0.3 is 9.80 Å². The van der Waals surface area contributed by atoms with Crippen LogP contribution in [0.3, 0.4) is 0 Å². The number of halogens is 1. The summed E-state index contributed by atoms with van der Waals surface area (Å²) in [4.78, 5) is 20.3. The third-order valence-electron chi connectivity index (χ3n) is 4.11. The Morgan fingerprint density at radius 2 is 2.11 bits per heavy atom. The van der Waals surface area contributed by atoms with Crippen LogP contribution in [0.5, 0.6) is 0 Å². The standard InChI is InChI=1S/C14H20ClN3O/c1-17(2)14(6-4-7-14)10-18(3)13(19)11-9-16-8-5-12(11)15/h5,8-9H,4,6-7,10H2,1-3H3. The Labute approximate surface area is 119 Å². The van der Waals surface area contributed by atoms with Crippen LogP contribution in [0.4, 0.5) is 0 Å². The molecule has 0 N–H and O–H groups in total. The van der Waals surface area contributed by atoms with Gasteiger partial charge in [0.15, 0.2) is 0 Å². The van der Waals surface area contributed by atoms with Crippen LogP contribution in [-0.4, -0.2) is 53.9 Å². The molecule has 0 unspecified atom stereocenters. The summed E-state index contributed by atoms with van der Waals surface area (Å²) in [6.07, 6.45) is 6.63. The van der Waals surface area contributed by atoms with Crippen molar-refractivity contribution in [3.05, 3.63) is 29.0 Å². The summed E-state index contributed by atoms with van der Waals surface area (Å²) in [5.74, 6) is -0.0637. The van der Waals surface area contributed by atoms with E-state index in [0.29, 0.717) is 10.6 Å². The van der Waals surface area contributed by atoms with Crippen LogP contribution >= 0.6 is 11.6 Å². The van der Waals surface area contributed by atoms with Gasteiger partial charge in [-0.3, -0.25) is 9.78 Å². The summed E-state index contributed by atoms with van der Waals surface area (Å²) in [6.45, 7) is 0.726. The summed E-state index contributed by atoms with van der Waals surface area (Å²) < 4.78 is 0. The van der Waals surface area contributed by atoms with Gasteiger partial charge >= 0.3 is 0 Å². The summed E-state index contributed by atoms with van der Waals surface area (Å²) in [5.41, 5.74) is 0.596. The van der Waals surface area contributed by atoms with Crippen LogP contribution in [0, 0.1) is 0 Å². The average Bonchev–Trinajstić information content (AvgIpc) is 2.32. The third-order valence-corrected chi connectivity index (χ3v) is 4.44. The number of amides is 1. The van der Waals surface area contributed by atoms with Crippen LogP contribution in [0.2, 0.25) is 5.02 Å². The first-order valence-electron chi connectivity index (χ1n) is 6.49. The van der Waals surface area contributed by atoms with Crippen LogP contribution in [0.15, 0.2) is 18.5 Å². The number of carbonyl (C=O) groups excluding carboxylic acids is 1. The quantitative estimate of drug-likeness (QED) is 0.850. The highest BCUT2D eigenvalue weighted by Gasteiger charge is 2.40. The normalized spacial score (nSPS) is 17.1. The Kier molecular flexibility index (Phi) is 4.11. The Balaban J connectivity index is 2.10. The van der Waals surface area contributed by atoms with Crippen molar-refractivity contribution >= 4 is 17.5 Å². The van der Waals surface area contributed by atoms with Gasteiger partial charge in [-0.15, -0.1) is 0 Å². The SMILES string of the molecule is CN(CC1(N(C)C)CCC1)C(=O)c1cnccc1Cl. The topological polar surface area (TPSA) is 36.4 Å². The van der Waals surface area contributed by atoms with Crippen molar-refractivity contribution in [1.82, 2.24) is 14.8 Å². The fraction of sp³-hybridized carbons (Fsp3) is 0.571. The molecule has 0 radical (unpaired) electrons. The molecule has 1 aliphatic carbocycles. The van der Waals surface area contributed by atoms with E-state index in [2.05, 4.69) is 24.0 Å². The molecule has 4 nitrogen and oxygen atoms in total. The van der Waals surface area contributed by atoms with Crippen molar-refractivity contribution in [2.75, 3.05) is 27.7 Å². The van der Waals surface area contributed by atoms with E-state index in [1.165, 1.54) is 12.6 Å². The van der Waals surface area contributed by atoms with E-state index >= 15 is 0 Å². The summed E-state index contributed by atoms with van der Waals surface area (Å²) in [6, 6.07) is 1.65. The van der Waals surface area contributed by atoms with Crippen LogP contribution in [0.25, 0.3) is 0 Å². The highest BCUT2D eigenvalue weighted by atomic mass is 35.5. The zero-order valence-electron chi connectivity index (χ0n) is 11.7. The van der Waals surface area contributed by atoms with Crippen molar-refractivity contribution in [2.45, 2.75) is 24.8 Å². The lowest BCUT2D eigenvalue weighted by atomic mass is 9.75. The Morgan fingerprint density at radius 3 is 2.58 bits per heavy atom. The summed E-state index contributed by atoms with van der Waals surface area (Å²) >= 11 is 6.05. The Bertz CT molecular complexity index is 472. The number of rotatable bonds is 4. The molecule has 0 atom stereocenters. The number of aromatic nitrogens is 1. The van der Waals surface area contributed by atoms with Gasteiger partial charge in [0, 0.05) is 31.5 Å². The lowest BCUT2D eigenvalue weighted by Crippen LogP contribution is -2.57. The first kappa shape index (κ1) is 14.3. The average molecular weight is 282 g/mol. The Hall–Kier alpha value is -1.13. The summed E-state index contributed by atoms with van der Waals surface area (Å²) in [7, 11) is 5.98. The van der Waals surface area contributed by atoms with Crippen molar-refractivity contribution in [2.24, 2.45) is 0 Å². The minimum atomic E-state index is -0.0637. The Morgan fingerprint density at radius 1 is 1.42 bits per heavy atom. The van der Waals surface area contributed by atoms with Crippen LogP contribution in [-0.2, 0) is 0 Å². The number of hydrogen-bond acceptors (Lipinski definition) is 3. The maximum absolute atomic E-state index is 12.4. The number of nitrogens with zero attached hydrogens (tertiary/aromatic N) is 3. The van der Waals surface area contributed by atoms with E-state index in [9.17, 15) is 4.79 Å². The second-order valence-corrected chi connectivity index (χ2v) is 5.90. The molecular formula is C14H20ClN3O. The lowest BCUT2D eigenvalue weighted by molar-refractivity contribution is 0.0252. The molecule has 0 bridgehead atoms. The van der Waals surface area contributed by atoms with Gasteiger partial charge in [-0.1, -0.05) is 11.6 Å². The van der Waals surface area contributed by atoms with Gasteiger partial charge in [-0.2, -0.15) is 0 Å². The first-order chi connectivity index (χ1) is 8.96. The molecule has 1 saturated carbocycles. The molecule has 0 aliphatic heterocycles. The maximum atomic E-state index is 12.4. The predicted molar refractivity (Wildman–Crippen MR) is 76.5 cm³/mol. The second kappa shape index (κ2) is 5.47. The van der Waals surface area contributed by atoms with E-state index in [4.69, 9.17) is 11.6 Å². The molecule has 1 aliphatic rings. The second-order valence-electron chi connectivity index (χ2n) is 5.49. The molecule has 2 rings (SSSR count). The zero-order valence-corrected chi connectivity index (χ0v) is 12.4. The highest BCUT2D eigenvalue weighted by Crippen LogP contribution is 2.36. The van der Waals surface area contributed by atoms with E-state index < -0.39 is 0 Å². The molecule has 1 fully saturated rings. The van der Waals surface area contributed by atoms with Gasteiger partial charge in [-0.05, 0) is 39.4 Å². The van der Waals surface area contributed by atoms with Crippen LogP contribution < -0.4 is 0 Å². The van der Waals surface area contributed by atoms with Gasteiger partial charge in [-0.25, -0.2) is 0 Å². The molecule has 1 amide bonds. The molecule has 5 heteroatoms. The maximum Gasteiger partial charge on any atom is 0.256 e. The smallest absolute Gasteiger partial charge is 0.256 e. The first-order valence-corrected chi connectivity index (χ1v) is 6.86. The largest absolute Gasteiger partial charge is 0.340 e. The molecule has 1 aromatic rings. The van der Waals surface area contributed by atoms with Crippen molar-refractivity contribution in [3.8, 4) is 0 Å². The van der Waals surface area contributed by atoms with E-state index in [1.54, 1.807) is 17.2 Å². The molecular weight excluding hydrogens is 262 g/mol. The monoisotopic (exact) mass is 281 g/mol. The summed E-state index contributed by atoms with van der Waals surface area (Å²) in [5, 5.41) is 0.458. The van der Waals surface area contributed by atoms with Crippen LogP contribution in [0.1, 0.15) is 29.6 Å².